The van der Waals surface area contributed by atoms with Crippen LogP contribution in [0.15, 0.2) is 30.6 Å². The number of amides is 2. The van der Waals surface area contributed by atoms with Crippen molar-refractivity contribution in [2.75, 3.05) is 62.0 Å². The molecule has 1 fully saturated rings. The van der Waals surface area contributed by atoms with Crippen LogP contribution in [0.1, 0.15) is 0 Å². The van der Waals surface area contributed by atoms with Crippen LogP contribution in [-0.2, 0) is 4.74 Å². The Bertz CT molecular complexity index is 796. The molecule has 2 amide bonds. The van der Waals surface area contributed by atoms with E-state index in [1.807, 2.05) is 0 Å². The van der Waals surface area contributed by atoms with Crippen LogP contribution in [0, 0.1) is 0 Å². The number of urea groups is 1. The molecule has 1 aromatic carbocycles. The molecule has 0 aliphatic carbocycles. The summed E-state index contributed by atoms with van der Waals surface area (Å²) < 4.78 is 5.34. The number of hydrogen-bond acceptors (Lipinski definition) is 6. The Balaban J connectivity index is 1.58. The lowest BCUT2D eigenvalue weighted by Crippen LogP contribution is -2.39. The largest absolute Gasteiger partial charge is 0.379 e. The predicted octanol–water partition coefficient (Wildman–Crippen LogP) is 3.20. The molecule has 2 aromatic rings. The zero-order chi connectivity index (χ0) is 19.9. The van der Waals surface area contributed by atoms with E-state index in [0.29, 0.717) is 27.4 Å². The Morgan fingerprint density at radius 2 is 1.96 bits per heavy atom. The number of halogens is 2. The van der Waals surface area contributed by atoms with Gasteiger partial charge in [-0.2, -0.15) is 0 Å². The highest BCUT2D eigenvalue weighted by molar-refractivity contribution is 6.39. The van der Waals surface area contributed by atoms with Gasteiger partial charge < -0.3 is 15.4 Å². The SMILES string of the molecule is CN(C(=O)Nc1c(Cl)cccc1Cl)c1cc(NCCN2CCOCC2)ncn1. The summed E-state index contributed by atoms with van der Waals surface area (Å²) in [7, 11) is 1.61. The number of nitrogens with one attached hydrogen (secondary N) is 2. The molecule has 2 N–H and O–H groups in total. The van der Waals surface area contributed by atoms with E-state index in [-0.39, 0.29) is 0 Å². The van der Waals surface area contributed by atoms with Crippen molar-refractivity contribution in [1.29, 1.82) is 0 Å². The lowest BCUT2D eigenvalue weighted by atomic mass is 10.3. The highest BCUT2D eigenvalue weighted by Gasteiger charge is 2.16. The summed E-state index contributed by atoms with van der Waals surface area (Å²) in [6.07, 6.45) is 1.42. The Morgan fingerprint density at radius 3 is 2.68 bits per heavy atom. The van der Waals surface area contributed by atoms with E-state index in [9.17, 15) is 4.79 Å². The summed E-state index contributed by atoms with van der Waals surface area (Å²) >= 11 is 12.2. The fourth-order valence-corrected chi connectivity index (χ4v) is 3.20. The predicted molar refractivity (Wildman–Crippen MR) is 112 cm³/mol. The molecule has 2 heterocycles. The first-order valence-corrected chi connectivity index (χ1v) is 9.65. The summed E-state index contributed by atoms with van der Waals surface area (Å²) in [6, 6.07) is 6.33. The number of aromatic nitrogens is 2. The number of carbonyl (C=O) groups is 1. The van der Waals surface area contributed by atoms with Gasteiger partial charge in [-0.15, -0.1) is 0 Å². The molecule has 0 saturated carbocycles. The molecule has 1 aromatic heterocycles. The first-order chi connectivity index (χ1) is 13.5. The maximum atomic E-state index is 12.5. The lowest BCUT2D eigenvalue weighted by molar-refractivity contribution is 0.0398. The second-order valence-electron chi connectivity index (χ2n) is 6.23. The van der Waals surface area contributed by atoms with Crippen molar-refractivity contribution in [3.8, 4) is 0 Å². The Hall–Kier alpha value is -2.13. The van der Waals surface area contributed by atoms with Crippen molar-refractivity contribution in [2.45, 2.75) is 0 Å². The van der Waals surface area contributed by atoms with Gasteiger partial charge >= 0.3 is 6.03 Å². The smallest absolute Gasteiger partial charge is 0.327 e. The van der Waals surface area contributed by atoms with Crippen molar-refractivity contribution < 1.29 is 9.53 Å². The quantitative estimate of drug-likeness (QED) is 0.740. The van der Waals surface area contributed by atoms with Gasteiger partial charge in [0.05, 0.1) is 28.9 Å². The molecule has 0 atom stereocenters. The van der Waals surface area contributed by atoms with Crippen LogP contribution in [0.5, 0.6) is 0 Å². The van der Waals surface area contributed by atoms with Gasteiger partial charge in [-0.1, -0.05) is 29.3 Å². The van der Waals surface area contributed by atoms with Crippen molar-refractivity contribution in [2.24, 2.45) is 0 Å². The van der Waals surface area contributed by atoms with E-state index in [2.05, 4.69) is 25.5 Å². The van der Waals surface area contributed by atoms with Crippen LogP contribution in [0.4, 0.5) is 22.1 Å². The number of ether oxygens (including phenoxy) is 1. The van der Waals surface area contributed by atoms with Crippen LogP contribution >= 0.6 is 23.2 Å². The van der Waals surface area contributed by atoms with Gasteiger partial charge in [-0.05, 0) is 12.1 Å². The van der Waals surface area contributed by atoms with Crippen LogP contribution < -0.4 is 15.5 Å². The fraction of sp³-hybridized carbons (Fsp3) is 0.389. The van der Waals surface area contributed by atoms with Crippen molar-refractivity contribution in [3.63, 3.8) is 0 Å². The van der Waals surface area contributed by atoms with E-state index in [1.165, 1.54) is 11.2 Å². The molecule has 10 heteroatoms. The number of nitrogens with zero attached hydrogens (tertiary/aromatic N) is 4. The molecule has 0 radical (unpaired) electrons. The van der Waals surface area contributed by atoms with Crippen LogP contribution in [0.25, 0.3) is 0 Å². The number of carbonyl (C=O) groups excluding carboxylic acids is 1. The van der Waals surface area contributed by atoms with Crippen molar-refractivity contribution >= 4 is 46.6 Å². The zero-order valence-electron chi connectivity index (χ0n) is 15.5. The first-order valence-electron chi connectivity index (χ1n) is 8.89. The molecule has 0 spiro atoms. The second-order valence-corrected chi connectivity index (χ2v) is 7.04. The van der Waals surface area contributed by atoms with Gasteiger partial charge in [0.25, 0.3) is 0 Å². The molecule has 1 aliphatic rings. The Morgan fingerprint density at radius 1 is 1.25 bits per heavy atom. The van der Waals surface area contributed by atoms with Gasteiger partial charge in [-0.3, -0.25) is 9.80 Å². The minimum Gasteiger partial charge on any atom is -0.379 e. The summed E-state index contributed by atoms with van der Waals surface area (Å²) in [5, 5.41) is 6.69. The number of benzene rings is 1. The van der Waals surface area contributed by atoms with Crippen molar-refractivity contribution in [1.82, 2.24) is 14.9 Å². The van der Waals surface area contributed by atoms with E-state index >= 15 is 0 Å². The number of morpholine rings is 1. The molecule has 1 aliphatic heterocycles. The molecule has 8 nitrogen and oxygen atoms in total. The average Bonchev–Trinajstić information content (AvgIpc) is 2.71. The summed E-state index contributed by atoms with van der Waals surface area (Å²) in [5.74, 6) is 1.10. The van der Waals surface area contributed by atoms with E-state index in [4.69, 9.17) is 27.9 Å². The van der Waals surface area contributed by atoms with E-state index in [1.54, 1.807) is 31.3 Å². The maximum Gasteiger partial charge on any atom is 0.327 e. The number of anilines is 3. The molecule has 1 saturated heterocycles. The van der Waals surface area contributed by atoms with Crippen molar-refractivity contribution in [3.05, 3.63) is 40.6 Å². The first kappa shape index (κ1) is 20.6. The van der Waals surface area contributed by atoms with Gasteiger partial charge in [0.15, 0.2) is 0 Å². The lowest BCUT2D eigenvalue weighted by Gasteiger charge is -2.26. The topological polar surface area (TPSA) is 82.6 Å². The molecule has 0 bridgehead atoms. The average molecular weight is 425 g/mol. The molecule has 3 rings (SSSR count). The number of rotatable bonds is 6. The monoisotopic (exact) mass is 424 g/mol. The third-order valence-corrected chi connectivity index (χ3v) is 4.96. The minimum atomic E-state index is -0.409. The molecule has 0 unspecified atom stereocenters. The highest BCUT2D eigenvalue weighted by atomic mass is 35.5. The number of hydrogen-bond donors (Lipinski definition) is 2. The van der Waals surface area contributed by atoms with Crippen LogP contribution in [0.3, 0.4) is 0 Å². The Labute approximate surface area is 173 Å². The molecule has 150 valence electrons. The highest BCUT2D eigenvalue weighted by Crippen LogP contribution is 2.30. The minimum absolute atomic E-state index is 0.362. The fourth-order valence-electron chi connectivity index (χ4n) is 2.71. The van der Waals surface area contributed by atoms with Gasteiger partial charge in [0.1, 0.15) is 18.0 Å². The van der Waals surface area contributed by atoms with Crippen LogP contribution in [0.2, 0.25) is 10.0 Å². The van der Waals surface area contributed by atoms with Gasteiger partial charge in [0.2, 0.25) is 0 Å². The summed E-state index contributed by atoms with van der Waals surface area (Å²) in [5.41, 5.74) is 0.362. The zero-order valence-corrected chi connectivity index (χ0v) is 17.0. The third-order valence-electron chi connectivity index (χ3n) is 4.33. The molecular weight excluding hydrogens is 403 g/mol. The van der Waals surface area contributed by atoms with Gasteiger partial charge in [0, 0.05) is 39.3 Å². The van der Waals surface area contributed by atoms with E-state index < -0.39 is 6.03 Å². The number of para-hydroxylation sites is 1. The maximum absolute atomic E-state index is 12.5. The normalized spacial score (nSPS) is 14.5. The molecular formula is C18H22Cl2N6O2. The Kier molecular flexibility index (Phi) is 7.27. The second kappa shape index (κ2) is 9.88. The van der Waals surface area contributed by atoms with Gasteiger partial charge in [-0.25, -0.2) is 14.8 Å². The standard InChI is InChI=1S/C18H22Cl2N6O2/c1-25(18(27)24-17-13(19)3-2-4-14(17)20)16-11-15(22-12-23-16)21-5-6-26-7-9-28-10-8-26/h2-4,11-12H,5-10H2,1H3,(H,24,27)(H,21,22,23). The van der Waals surface area contributed by atoms with Crippen LogP contribution in [-0.4, -0.2) is 67.3 Å². The summed E-state index contributed by atoms with van der Waals surface area (Å²) in [6.45, 7) is 5.04. The summed E-state index contributed by atoms with van der Waals surface area (Å²) in [4.78, 5) is 24.6. The third kappa shape index (κ3) is 5.45. The molecule has 28 heavy (non-hydrogen) atoms. The van der Waals surface area contributed by atoms with E-state index in [0.717, 1.165) is 39.4 Å².